The maximum atomic E-state index is 12.8. The minimum Gasteiger partial charge on any atom is -0.349 e. The number of thioether (sulfide) groups is 1. The predicted molar refractivity (Wildman–Crippen MR) is 114 cm³/mol. The number of carbonyl (C=O) groups is 2. The monoisotopic (exact) mass is 417 g/mol. The van der Waals surface area contributed by atoms with Gasteiger partial charge in [-0.25, -0.2) is 0 Å². The molecular weight excluding hydrogens is 386 g/mol. The van der Waals surface area contributed by atoms with Gasteiger partial charge in [-0.15, -0.1) is 10.2 Å². The van der Waals surface area contributed by atoms with Gasteiger partial charge in [-0.2, -0.15) is 0 Å². The van der Waals surface area contributed by atoms with Gasteiger partial charge >= 0.3 is 0 Å². The number of aryl methyl sites for hydroxylation is 1. The van der Waals surface area contributed by atoms with E-state index in [1.807, 2.05) is 36.3 Å². The van der Waals surface area contributed by atoms with E-state index in [9.17, 15) is 9.59 Å². The van der Waals surface area contributed by atoms with Crippen LogP contribution in [0, 0.1) is 13.8 Å². The second-order valence-electron chi connectivity index (χ2n) is 7.51. The van der Waals surface area contributed by atoms with Crippen molar-refractivity contribution in [1.29, 1.82) is 0 Å². The molecule has 0 unspecified atom stereocenters. The molecule has 0 bridgehead atoms. The van der Waals surface area contributed by atoms with E-state index in [0.29, 0.717) is 25.3 Å². The summed E-state index contributed by atoms with van der Waals surface area (Å²) < 4.78 is 4.17. The number of nitrogens with zero attached hydrogens (tertiary/aromatic N) is 5. The highest BCUT2D eigenvalue weighted by Gasteiger charge is 2.22. The fourth-order valence-electron chi connectivity index (χ4n) is 4.01. The number of amides is 1. The summed E-state index contributed by atoms with van der Waals surface area (Å²) in [5.41, 5.74) is 2.92. The number of Topliss-reactive ketones (excluding diaryl/α,β-unsaturated/α-hetero) is 1. The summed E-state index contributed by atoms with van der Waals surface area (Å²) in [6.07, 6.45) is 3.73. The summed E-state index contributed by atoms with van der Waals surface area (Å²) in [4.78, 5) is 27.0. The van der Waals surface area contributed by atoms with Crippen molar-refractivity contribution in [2.24, 2.45) is 0 Å². The summed E-state index contributed by atoms with van der Waals surface area (Å²) in [5.74, 6) is 1.43. The number of likely N-dealkylation sites (tertiary alicyclic amines) is 1. The van der Waals surface area contributed by atoms with Crippen LogP contribution in [0.15, 0.2) is 11.2 Å². The normalized spacial score (nSPS) is 15.0. The fourth-order valence-corrected chi connectivity index (χ4v) is 4.92. The first-order valence-corrected chi connectivity index (χ1v) is 11.5. The lowest BCUT2D eigenvalue weighted by Gasteiger charge is -2.20. The van der Waals surface area contributed by atoms with Gasteiger partial charge < -0.3 is 14.0 Å². The largest absolute Gasteiger partial charge is 0.349 e. The number of ketones is 1. The molecule has 29 heavy (non-hydrogen) atoms. The zero-order valence-corrected chi connectivity index (χ0v) is 18.7. The quantitative estimate of drug-likeness (QED) is 0.485. The van der Waals surface area contributed by atoms with E-state index in [-0.39, 0.29) is 11.7 Å². The van der Waals surface area contributed by atoms with Gasteiger partial charge in [-0.05, 0) is 46.6 Å². The highest BCUT2D eigenvalue weighted by molar-refractivity contribution is 7.99. The zero-order chi connectivity index (χ0) is 21.0. The van der Waals surface area contributed by atoms with Crippen molar-refractivity contribution in [3.63, 3.8) is 0 Å². The molecule has 8 heteroatoms. The van der Waals surface area contributed by atoms with E-state index in [1.54, 1.807) is 0 Å². The van der Waals surface area contributed by atoms with Crippen LogP contribution in [0.4, 0.5) is 0 Å². The molecule has 2 aromatic heterocycles. The topological polar surface area (TPSA) is 73.0 Å². The molecule has 0 aliphatic carbocycles. The summed E-state index contributed by atoms with van der Waals surface area (Å²) >= 11 is 1.42. The predicted octanol–water partition coefficient (Wildman–Crippen LogP) is 3.61. The third-order valence-electron chi connectivity index (χ3n) is 5.64. The molecule has 1 amide bonds. The minimum atomic E-state index is 0.109. The van der Waals surface area contributed by atoms with Crippen LogP contribution in [0.25, 0.3) is 0 Å². The second kappa shape index (κ2) is 9.61. The van der Waals surface area contributed by atoms with Crippen molar-refractivity contribution in [1.82, 2.24) is 24.2 Å². The Bertz CT molecular complexity index is 886. The van der Waals surface area contributed by atoms with Crippen molar-refractivity contribution in [2.75, 3.05) is 12.3 Å². The minimum absolute atomic E-state index is 0.109. The van der Waals surface area contributed by atoms with Gasteiger partial charge in [0.25, 0.3) is 0 Å². The van der Waals surface area contributed by atoms with Crippen LogP contribution in [-0.2, 0) is 24.4 Å². The van der Waals surface area contributed by atoms with Gasteiger partial charge in [0, 0.05) is 43.0 Å². The number of hydrogen-bond donors (Lipinski definition) is 0. The highest BCUT2D eigenvalue weighted by Crippen LogP contribution is 2.23. The molecule has 1 aliphatic rings. The van der Waals surface area contributed by atoms with Crippen molar-refractivity contribution in [2.45, 2.75) is 78.2 Å². The summed E-state index contributed by atoms with van der Waals surface area (Å²) in [6, 6.07) is 1.97. The van der Waals surface area contributed by atoms with Gasteiger partial charge in [0.05, 0.1) is 12.3 Å². The average Bonchev–Trinajstić information content (AvgIpc) is 3.15. The maximum Gasteiger partial charge on any atom is 0.222 e. The molecule has 158 valence electrons. The van der Waals surface area contributed by atoms with Gasteiger partial charge in [-0.3, -0.25) is 9.59 Å². The van der Waals surface area contributed by atoms with Crippen LogP contribution in [0.2, 0.25) is 0 Å². The molecule has 0 spiro atoms. The van der Waals surface area contributed by atoms with Crippen LogP contribution in [0.5, 0.6) is 0 Å². The highest BCUT2D eigenvalue weighted by atomic mass is 32.2. The SMILES string of the molecule is CCn1c(CN2CCCCCC2=O)nnc1SCC(=O)c1cc(C)n(CC)c1C. The Labute approximate surface area is 176 Å². The zero-order valence-electron chi connectivity index (χ0n) is 17.9. The van der Waals surface area contributed by atoms with E-state index in [2.05, 4.69) is 21.7 Å². The van der Waals surface area contributed by atoms with Crippen molar-refractivity contribution in [3.8, 4) is 0 Å². The molecule has 0 radical (unpaired) electrons. The summed E-state index contributed by atoms with van der Waals surface area (Å²) in [5, 5.41) is 9.38. The molecule has 3 rings (SSSR count). The van der Waals surface area contributed by atoms with Gasteiger partial charge in [0.15, 0.2) is 16.8 Å². The summed E-state index contributed by atoms with van der Waals surface area (Å²) in [7, 11) is 0. The lowest BCUT2D eigenvalue weighted by molar-refractivity contribution is -0.131. The molecule has 0 N–H and O–H groups in total. The van der Waals surface area contributed by atoms with Crippen LogP contribution in [0.3, 0.4) is 0 Å². The van der Waals surface area contributed by atoms with Gasteiger partial charge in [0.2, 0.25) is 5.91 Å². The molecule has 1 aliphatic heterocycles. The Hall–Kier alpha value is -2.09. The fraction of sp³-hybridized carbons (Fsp3) is 0.619. The van der Waals surface area contributed by atoms with E-state index in [4.69, 9.17) is 0 Å². The first-order valence-electron chi connectivity index (χ1n) is 10.5. The van der Waals surface area contributed by atoms with Crippen LogP contribution < -0.4 is 0 Å². The van der Waals surface area contributed by atoms with E-state index in [1.165, 1.54) is 11.8 Å². The van der Waals surface area contributed by atoms with E-state index >= 15 is 0 Å². The molecule has 0 aromatic carbocycles. The third-order valence-corrected chi connectivity index (χ3v) is 6.60. The molecule has 0 atom stereocenters. The van der Waals surface area contributed by atoms with Crippen LogP contribution in [0.1, 0.15) is 67.1 Å². The Morgan fingerprint density at radius 3 is 2.55 bits per heavy atom. The second-order valence-corrected chi connectivity index (χ2v) is 8.45. The molecule has 7 nitrogen and oxygen atoms in total. The molecule has 3 heterocycles. The Kier molecular flexibility index (Phi) is 7.16. The average molecular weight is 418 g/mol. The standard InChI is InChI=1S/C21H31N5O2S/c1-5-25-15(3)12-17(16(25)4)18(27)14-29-21-23-22-19(26(21)6-2)13-24-11-9-7-8-10-20(24)28/h12H,5-11,13-14H2,1-4H3. The van der Waals surface area contributed by atoms with Crippen molar-refractivity contribution < 1.29 is 9.59 Å². The maximum absolute atomic E-state index is 12.8. The Morgan fingerprint density at radius 2 is 1.86 bits per heavy atom. The molecule has 1 saturated heterocycles. The molecular formula is C21H31N5O2S. The number of rotatable bonds is 8. The van der Waals surface area contributed by atoms with Crippen molar-refractivity contribution in [3.05, 3.63) is 28.8 Å². The Morgan fingerprint density at radius 1 is 1.10 bits per heavy atom. The third kappa shape index (κ3) is 4.74. The van der Waals surface area contributed by atoms with Crippen molar-refractivity contribution >= 4 is 23.5 Å². The van der Waals surface area contributed by atoms with Gasteiger partial charge in [0.1, 0.15) is 0 Å². The lowest BCUT2D eigenvalue weighted by atomic mass is 10.2. The molecule has 1 fully saturated rings. The van der Waals surface area contributed by atoms with Gasteiger partial charge in [-0.1, -0.05) is 18.2 Å². The smallest absolute Gasteiger partial charge is 0.222 e. The van der Waals surface area contributed by atoms with E-state index in [0.717, 1.165) is 60.3 Å². The van der Waals surface area contributed by atoms with Crippen LogP contribution in [-0.4, -0.2) is 48.2 Å². The lowest BCUT2D eigenvalue weighted by Crippen LogP contribution is -2.31. The number of aromatic nitrogens is 4. The summed E-state index contributed by atoms with van der Waals surface area (Å²) in [6.45, 7) is 11.0. The first-order chi connectivity index (χ1) is 14.0. The number of carbonyl (C=O) groups excluding carboxylic acids is 2. The molecule has 2 aromatic rings. The van der Waals surface area contributed by atoms with E-state index < -0.39 is 0 Å². The number of hydrogen-bond acceptors (Lipinski definition) is 5. The molecule has 0 saturated carbocycles. The van der Waals surface area contributed by atoms with Crippen LogP contribution >= 0.6 is 11.8 Å². The first kappa shape index (κ1) is 21.6. The Balaban J connectivity index is 1.69.